The first kappa shape index (κ1) is 8.62. The van der Waals surface area contributed by atoms with Gasteiger partial charge in [-0.2, -0.15) is 0 Å². The number of benzene rings is 1. The molecular weight excluding hydrogens is 178 g/mol. The van der Waals surface area contributed by atoms with Gasteiger partial charge in [0.05, 0.1) is 17.2 Å². The fraction of sp³-hybridized carbons (Fsp3) is 0.100. The third-order valence-corrected chi connectivity index (χ3v) is 1.97. The Kier molecular flexibility index (Phi) is 2.10. The fourth-order valence-corrected chi connectivity index (χ4v) is 1.18. The molecule has 14 heavy (non-hydrogen) atoms. The van der Waals surface area contributed by atoms with E-state index in [0.29, 0.717) is 11.4 Å². The summed E-state index contributed by atoms with van der Waals surface area (Å²) in [6, 6.07) is 7.56. The minimum Gasteiger partial charge on any atom is -0.411 e. The van der Waals surface area contributed by atoms with Crippen LogP contribution in [0.15, 0.2) is 35.6 Å². The predicted molar refractivity (Wildman–Crippen MR) is 53.5 cm³/mol. The van der Waals surface area contributed by atoms with E-state index < -0.39 is 0 Å². The molecule has 2 rings (SSSR count). The van der Waals surface area contributed by atoms with Gasteiger partial charge in [-0.3, -0.25) is 4.98 Å². The van der Waals surface area contributed by atoms with Crippen LogP contribution in [0.2, 0.25) is 0 Å². The Morgan fingerprint density at radius 2 is 2.00 bits per heavy atom. The molecule has 0 saturated heterocycles. The van der Waals surface area contributed by atoms with Crippen molar-refractivity contribution in [3.8, 4) is 0 Å². The van der Waals surface area contributed by atoms with Gasteiger partial charge in [-0.05, 0) is 19.1 Å². The average Bonchev–Trinajstić information content (AvgIpc) is 2.27. The summed E-state index contributed by atoms with van der Waals surface area (Å²) in [6.45, 7) is 1.68. The van der Waals surface area contributed by atoms with Gasteiger partial charge < -0.3 is 5.21 Å². The zero-order valence-electron chi connectivity index (χ0n) is 7.68. The van der Waals surface area contributed by atoms with Crippen molar-refractivity contribution in [2.24, 2.45) is 5.16 Å². The summed E-state index contributed by atoms with van der Waals surface area (Å²) in [6.07, 6.45) is 1.59. The third kappa shape index (κ3) is 1.42. The van der Waals surface area contributed by atoms with Crippen molar-refractivity contribution in [2.45, 2.75) is 6.92 Å². The highest BCUT2D eigenvalue weighted by molar-refractivity contribution is 5.97. The first-order valence-electron chi connectivity index (χ1n) is 4.22. The van der Waals surface area contributed by atoms with Gasteiger partial charge in [0.15, 0.2) is 0 Å². The molecule has 1 N–H and O–H groups in total. The molecule has 0 saturated carbocycles. The zero-order valence-corrected chi connectivity index (χ0v) is 7.68. The molecule has 0 unspecified atom stereocenters. The van der Waals surface area contributed by atoms with E-state index in [1.54, 1.807) is 13.1 Å². The quantitative estimate of drug-likeness (QED) is 0.421. The Bertz CT molecular complexity index is 493. The van der Waals surface area contributed by atoms with E-state index in [9.17, 15) is 0 Å². The predicted octanol–water partition coefficient (Wildman–Crippen LogP) is 1.83. The number of hydrogen-bond donors (Lipinski definition) is 1. The zero-order chi connectivity index (χ0) is 9.97. The second-order valence-corrected chi connectivity index (χ2v) is 2.93. The number of fused-ring (bicyclic) bond motifs is 1. The number of hydrogen-bond acceptors (Lipinski definition) is 4. The van der Waals surface area contributed by atoms with Crippen LogP contribution in [-0.2, 0) is 0 Å². The third-order valence-electron chi connectivity index (χ3n) is 1.97. The Hall–Kier alpha value is -1.97. The molecule has 70 valence electrons. The van der Waals surface area contributed by atoms with E-state index in [-0.39, 0.29) is 0 Å². The van der Waals surface area contributed by atoms with Crippen molar-refractivity contribution in [1.82, 2.24) is 9.97 Å². The van der Waals surface area contributed by atoms with Gasteiger partial charge in [0, 0.05) is 0 Å². The van der Waals surface area contributed by atoms with Gasteiger partial charge in [0.2, 0.25) is 0 Å². The van der Waals surface area contributed by atoms with E-state index in [4.69, 9.17) is 5.21 Å². The maximum absolute atomic E-state index is 8.58. The summed E-state index contributed by atoms with van der Waals surface area (Å²) in [4.78, 5) is 8.49. The highest BCUT2D eigenvalue weighted by atomic mass is 16.4. The molecule has 1 aromatic heterocycles. The van der Waals surface area contributed by atoms with Gasteiger partial charge >= 0.3 is 0 Å². The molecule has 4 heteroatoms. The normalized spacial score (nSPS) is 11.9. The second kappa shape index (κ2) is 3.41. The molecule has 0 atom stereocenters. The highest BCUT2D eigenvalue weighted by Gasteiger charge is 2.01. The standard InChI is InChI=1S/C10H9N3O/c1-7(13-14)10-6-11-8-4-2-3-5-9(8)12-10/h2-6,14H,1H3. The molecule has 4 nitrogen and oxygen atoms in total. The van der Waals surface area contributed by atoms with Crippen molar-refractivity contribution >= 4 is 16.7 Å². The summed E-state index contributed by atoms with van der Waals surface area (Å²) in [5, 5.41) is 11.7. The minimum absolute atomic E-state index is 0.461. The molecule has 0 aliphatic heterocycles. The minimum atomic E-state index is 0.461. The Morgan fingerprint density at radius 3 is 2.71 bits per heavy atom. The van der Waals surface area contributed by atoms with Crippen molar-refractivity contribution in [2.75, 3.05) is 0 Å². The van der Waals surface area contributed by atoms with Crippen molar-refractivity contribution in [3.05, 3.63) is 36.2 Å². The number of rotatable bonds is 1. The molecule has 0 bridgehead atoms. The molecule has 2 aromatic rings. The lowest BCUT2D eigenvalue weighted by atomic mass is 10.2. The summed E-state index contributed by atoms with van der Waals surface area (Å²) < 4.78 is 0. The number of para-hydroxylation sites is 2. The molecule has 0 radical (unpaired) electrons. The lowest BCUT2D eigenvalue weighted by molar-refractivity contribution is 0.319. The molecule has 0 spiro atoms. The van der Waals surface area contributed by atoms with Gasteiger partial charge in [-0.25, -0.2) is 4.98 Å². The first-order chi connectivity index (χ1) is 6.81. The smallest absolute Gasteiger partial charge is 0.107 e. The number of nitrogens with zero attached hydrogens (tertiary/aromatic N) is 3. The van der Waals surface area contributed by atoms with E-state index in [0.717, 1.165) is 11.0 Å². The van der Waals surface area contributed by atoms with Crippen LogP contribution in [-0.4, -0.2) is 20.9 Å². The van der Waals surface area contributed by atoms with Crippen molar-refractivity contribution < 1.29 is 5.21 Å². The topological polar surface area (TPSA) is 58.4 Å². The van der Waals surface area contributed by atoms with E-state index in [2.05, 4.69) is 15.1 Å². The maximum atomic E-state index is 8.58. The number of oxime groups is 1. The van der Waals surface area contributed by atoms with E-state index >= 15 is 0 Å². The average molecular weight is 187 g/mol. The van der Waals surface area contributed by atoms with E-state index in [1.165, 1.54) is 0 Å². The van der Waals surface area contributed by atoms with Crippen LogP contribution >= 0.6 is 0 Å². The van der Waals surface area contributed by atoms with Crippen LogP contribution in [0.4, 0.5) is 0 Å². The second-order valence-electron chi connectivity index (χ2n) is 2.93. The maximum Gasteiger partial charge on any atom is 0.107 e. The molecule has 0 aliphatic carbocycles. The summed E-state index contributed by atoms with van der Waals surface area (Å²) >= 11 is 0. The van der Waals surface area contributed by atoms with Gasteiger partial charge in [-0.1, -0.05) is 17.3 Å². The van der Waals surface area contributed by atoms with Crippen LogP contribution in [0, 0.1) is 0 Å². The highest BCUT2D eigenvalue weighted by Crippen LogP contribution is 2.08. The lowest BCUT2D eigenvalue weighted by Gasteiger charge is -1.99. The van der Waals surface area contributed by atoms with E-state index in [1.807, 2.05) is 24.3 Å². The first-order valence-corrected chi connectivity index (χ1v) is 4.22. The summed E-state index contributed by atoms with van der Waals surface area (Å²) in [7, 11) is 0. The molecule has 1 heterocycles. The van der Waals surface area contributed by atoms with Gasteiger partial charge in [-0.15, -0.1) is 0 Å². The van der Waals surface area contributed by atoms with Gasteiger partial charge in [0.1, 0.15) is 11.4 Å². The van der Waals surface area contributed by atoms with Crippen LogP contribution in [0.5, 0.6) is 0 Å². The van der Waals surface area contributed by atoms with Crippen LogP contribution < -0.4 is 0 Å². The van der Waals surface area contributed by atoms with Crippen LogP contribution in [0.3, 0.4) is 0 Å². The van der Waals surface area contributed by atoms with Crippen LogP contribution in [0.25, 0.3) is 11.0 Å². The molecule has 1 aromatic carbocycles. The Labute approximate surface area is 80.9 Å². The SMILES string of the molecule is CC(=NO)c1cnc2ccccc2n1. The largest absolute Gasteiger partial charge is 0.411 e. The molecule has 0 amide bonds. The monoisotopic (exact) mass is 187 g/mol. The number of aromatic nitrogens is 2. The molecule has 0 fully saturated rings. The lowest BCUT2D eigenvalue weighted by Crippen LogP contribution is -1.99. The molecular formula is C10H9N3O. The fourth-order valence-electron chi connectivity index (χ4n) is 1.18. The molecule has 0 aliphatic rings. The Morgan fingerprint density at radius 1 is 1.29 bits per heavy atom. The summed E-state index contributed by atoms with van der Waals surface area (Å²) in [5.41, 5.74) is 2.68. The van der Waals surface area contributed by atoms with Gasteiger partial charge in [0.25, 0.3) is 0 Å². The van der Waals surface area contributed by atoms with Crippen LogP contribution in [0.1, 0.15) is 12.6 Å². The van der Waals surface area contributed by atoms with Crippen molar-refractivity contribution in [3.63, 3.8) is 0 Å². The Balaban J connectivity index is 2.62. The van der Waals surface area contributed by atoms with Crippen molar-refractivity contribution in [1.29, 1.82) is 0 Å². The summed E-state index contributed by atoms with van der Waals surface area (Å²) in [5.74, 6) is 0.